The first-order chi connectivity index (χ1) is 14.2. The Balaban J connectivity index is 1.69. The molecule has 0 radical (unpaired) electrons. The van der Waals surface area contributed by atoms with Gasteiger partial charge in [-0.25, -0.2) is 0 Å². The summed E-state index contributed by atoms with van der Waals surface area (Å²) >= 11 is 0. The Bertz CT molecular complexity index is 1000. The van der Waals surface area contributed by atoms with Gasteiger partial charge in [0.05, 0.1) is 0 Å². The Morgan fingerprint density at radius 3 is 1.93 bits per heavy atom. The van der Waals surface area contributed by atoms with Crippen molar-refractivity contribution in [2.45, 2.75) is 38.6 Å². The van der Waals surface area contributed by atoms with Crippen LogP contribution in [0.5, 0.6) is 0 Å². The third-order valence-electron chi connectivity index (χ3n) is 5.16. The number of carbonyl (C=O) groups is 2. The molecule has 0 saturated carbocycles. The van der Waals surface area contributed by atoms with E-state index >= 15 is 0 Å². The predicted molar refractivity (Wildman–Crippen MR) is 121 cm³/mol. The average molecular weight is 401 g/mol. The molecule has 3 rings (SSSR count). The SMILES string of the molecule is CC(C)(C)c1ccc(C(=O)N[C@@H](Cc2ccc(-c3ccccc3)cc2)C(N)=O)cc1. The summed E-state index contributed by atoms with van der Waals surface area (Å²) in [6.07, 6.45) is 0.343. The second-order valence-electron chi connectivity index (χ2n) is 8.52. The molecule has 0 unspecified atom stereocenters. The van der Waals surface area contributed by atoms with Crippen LogP contribution >= 0.6 is 0 Å². The maximum atomic E-state index is 12.6. The highest BCUT2D eigenvalue weighted by molar-refractivity contribution is 5.97. The number of rotatable bonds is 6. The van der Waals surface area contributed by atoms with Gasteiger partial charge in [-0.05, 0) is 39.8 Å². The van der Waals surface area contributed by atoms with Gasteiger partial charge in [0.1, 0.15) is 6.04 Å². The molecule has 0 fully saturated rings. The molecular formula is C26H28N2O2. The molecule has 3 aromatic rings. The van der Waals surface area contributed by atoms with Crippen molar-refractivity contribution in [2.24, 2.45) is 5.73 Å². The summed E-state index contributed by atoms with van der Waals surface area (Å²) in [4.78, 5) is 24.6. The first kappa shape index (κ1) is 21.3. The molecule has 2 amide bonds. The van der Waals surface area contributed by atoms with E-state index in [-0.39, 0.29) is 11.3 Å². The fraction of sp³-hybridized carbons (Fsp3) is 0.231. The number of amides is 2. The monoisotopic (exact) mass is 400 g/mol. The summed E-state index contributed by atoms with van der Waals surface area (Å²) in [5.74, 6) is -0.859. The number of hydrogen-bond donors (Lipinski definition) is 2. The summed E-state index contributed by atoms with van der Waals surface area (Å²) in [5.41, 5.74) is 10.4. The summed E-state index contributed by atoms with van der Waals surface area (Å²) in [6, 6.07) is 24.7. The van der Waals surface area contributed by atoms with Crippen LogP contribution in [-0.4, -0.2) is 17.9 Å². The zero-order valence-corrected chi connectivity index (χ0v) is 17.7. The largest absolute Gasteiger partial charge is 0.368 e. The Hall–Kier alpha value is -3.40. The van der Waals surface area contributed by atoms with Gasteiger partial charge in [-0.3, -0.25) is 9.59 Å². The van der Waals surface area contributed by atoms with E-state index in [1.807, 2.05) is 66.7 Å². The van der Waals surface area contributed by atoms with Gasteiger partial charge in [-0.2, -0.15) is 0 Å². The number of nitrogens with one attached hydrogen (secondary N) is 1. The van der Waals surface area contributed by atoms with Crippen LogP contribution in [0.4, 0.5) is 0 Å². The molecule has 0 heterocycles. The number of primary amides is 1. The van der Waals surface area contributed by atoms with Gasteiger partial charge in [0.2, 0.25) is 5.91 Å². The fourth-order valence-corrected chi connectivity index (χ4v) is 3.29. The predicted octanol–water partition coefficient (Wildman–Crippen LogP) is 4.48. The summed E-state index contributed by atoms with van der Waals surface area (Å²) in [5, 5.41) is 2.77. The van der Waals surface area contributed by atoms with E-state index in [1.165, 1.54) is 0 Å². The third kappa shape index (κ3) is 5.35. The fourth-order valence-electron chi connectivity index (χ4n) is 3.29. The Morgan fingerprint density at radius 2 is 1.40 bits per heavy atom. The van der Waals surface area contributed by atoms with Crippen molar-refractivity contribution in [1.29, 1.82) is 0 Å². The van der Waals surface area contributed by atoms with Crippen LogP contribution in [0.1, 0.15) is 42.3 Å². The molecule has 0 aliphatic heterocycles. The van der Waals surface area contributed by atoms with E-state index in [0.717, 1.165) is 22.3 Å². The lowest BCUT2D eigenvalue weighted by molar-refractivity contribution is -0.119. The minimum absolute atomic E-state index is 0.0106. The molecule has 3 N–H and O–H groups in total. The highest BCUT2D eigenvalue weighted by Gasteiger charge is 2.20. The second kappa shape index (κ2) is 8.95. The van der Waals surface area contributed by atoms with Gasteiger partial charge in [0.15, 0.2) is 0 Å². The van der Waals surface area contributed by atoms with E-state index in [2.05, 4.69) is 26.1 Å². The topological polar surface area (TPSA) is 72.2 Å². The maximum absolute atomic E-state index is 12.6. The molecule has 0 saturated heterocycles. The van der Waals surface area contributed by atoms with Crippen LogP contribution in [0.15, 0.2) is 78.9 Å². The minimum Gasteiger partial charge on any atom is -0.368 e. The van der Waals surface area contributed by atoms with Crippen molar-refractivity contribution >= 4 is 11.8 Å². The zero-order valence-electron chi connectivity index (χ0n) is 17.7. The standard InChI is InChI=1S/C26H28N2O2/c1-26(2,3)22-15-13-21(14-16-22)25(30)28-23(24(27)29)17-18-9-11-20(12-10-18)19-7-5-4-6-8-19/h4-16,23H,17H2,1-3H3,(H2,27,29)(H,28,30)/t23-/m0/s1. The molecule has 0 bridgehead atoms. The lowest BCUT2D eigenvalue weighted by atomic mass is 9.86. The molecule has 0 spiro atoms. The van der Waals surface area contributed by atoms with Gasteiger partial charge < -0.3 is 11.1 Å². The van der Waals surface area contributed by atoms with Gasteiger partial charge in [0, 0.05) is 12.0 Å². The Kier molecular flexibility index (Phi) is 6.36. The maximum Gasteiger partial charge on any atom is 0.251 e. The molecule has 4 nitrogen and oxygen atoms in total. The van der Waals surface area contributed by atoms with Crippen LogP contribution in [0.3, 0.4) is 0 Å². The highest BCUT2D eigenvalue weighted by atomic mass is 16.2. The molecule has 4 heteroatoms. The van der Waals surface area contributed by atoms with Gasteiger partial charge in [-0.1, -0.05) is 87.5 Å². The lowest BCUT2D eigenvalue weighted by Gasteiger charge is -2.20. The first-order valence-electron chi connectivity index (χ1n) is 10.1. The number of benzene rings is 3. The zero-order chi connectivity index (χ0) is 21.7. The smallest absolute Gasteiger partial charge is 0.251 e. The van der Waals surface area contributed by atoms with Crippen molar-refractivity contribution in [2.75, 3.05) is 0 Å². The van der Waals surface area contributed by atoms with Gasteiger partial charge >= 0.3 is 0 Å². The molecule has 0 aliphatic carbocycles. The molecule has 1 atom stereocenters. The van der Waals surface area contributed by atoms with Crippen LogP contribution in [0.2, 0.25) is 0 Å². The van der Waals surface area contributed by atoms with Gasteiger partial charge in [-0.15, -0.1) is 0 Å². The molecular weight excluding hydrogens is 372 g/mol. The van der Waals surface area contributed by atoms with E-state index in [0.29, 0.717) is 12.0 Å². The normalized spacial score (nSPS) is 12.2. The Morgan fingerprint density at radius 1 is 0.833 bits per heavy atom. The minimum atomic E-state index is -0.776. The molecule has 0 aromatic heterocycles. The third-order valence-corrected chi connectivity index (χ3v) is 5.16. The molecule has 3 aromatic carbocycles. The van der Waals surface area contributed by atoms with Crippen molar-refractivity contribution in [3.8, 4) is 11.1 Å². The van der Waals surface area contributed by atoms with Crippen LogP contribution in [0.25, 0.3) is 11.1 Å². The average Bonchev–Trinajstić information content (AvgIpc) is 2.74. The van der Waals surface area contributed by atoms with Crippen molar-refractivity contribution in [3.05, 3.63) is 95.6 Å². The second-order valence-corrected chi connectivity index (χ2v) is 8.52. The van der Waals surface area contributed by atoms with Crippen molar-refractivity contribution in [1.82, 2.24) is 5.32 Å². The number of hydrogen-bond acceptors (Lipinski definition) is 2. The van der Waals surface area contributed by atoms with Crippen molar-refractivity contribution < 1.29 is 9.59 Å². The quantitative estimate of drug-likeness (QED) is 0.640. The van der Waals surface area contributed by atoms with Crippen LogP contribution in [0, 0.1) is 0 Å². The van der Waals surface area contributed by atoms with E-state index in [1.54, 1.807) is 12.1 Å². The van der Waals surface area contributed by atoms with E-state index in [9.17, 15) is 9.59 Å². The van der Waals surface area contributed by atoms with Crippen LogP contribution < -0.4 is 11.1 Å². The Labute approximate surface area is 178 Å². The molecule has 0 aliphatic rings. The number of nitrogens with two attached hydrogens (primary N) is 1. The van der Waals surface area contributed by atoms with Crippen molar-refractivity contribution in [3.63, 3.8) is 0 Å². The summed E-state index contributed by atoms with van der Waals surface area (Å²) in [7, 11) is 0. The number of carbonyl (C=O) groups excluding carboxylic acids is 2. The van der Waals surface area contributed by atoms with Gasteiger partial charge in [0.25, 0.3) is 5.91 Å². The molecule has 154 valence electrons. The highest BCUT2D eigenvalue weighted by Crippen LogP contribution is 2.22. The van der Waals surface area contributed by atoms with E-state index < -0.39 is 11.9 Å². The first-order valence-corrected chi connectivity index (χ1v) is 10.1. The molecule has 30 heavy (non-hydrogen) atoms. The summed E-state index contributed by atoms with van der Waals surface area (Å²) in [6.45, 7) is 6.36. The van der Waals surface area contributed by atoms with E-state index in [4.69, 9.17) is 5.73 Å². The van der Waals surface area contributed by atoms with Crippen LogP contribution in [-0.2, 0) is 16.6 Å². The summed E-state index contributed by atoms with van der Waals surface area (Å²) < 4.78 is 0. The lowest BCUT2D eigenvalue weighted by Crippen LogP contribution is -2.45.